The molecule has 10 heteroatoms. The van der Waals surface area contributed by atoms with Gasteiger partial charge in [0.2, 0.25) is 11.8 Å². The first-order valence-electron chi connectivity index (χ1n) is 14.1. The molecule has 218 valence electrons. The lowest BCUT2D eigenvalue weighted by Crippen LogP contribution is -2.51. The summed E-state index contributed by atoms with van der Waals surface area (Å²) in [6.07, 6.45) is 3.10. The molecule has 2 unspecified atom stereocenters. The average Bonchev–Trinajstić information content (AvgIpc) is 3.41. The van der Waals surface area contributed by atoms with E-state index in [1.807, 2.05) is 12.1 Å². The third kappa shape index (κ3) is 4.93. The summed E-state index contributed by atoms with van der Waals surface area (Å²) in [6, 6.07) is 12.1. The molecule has 1 aromatic heterocycles. The number of aromatic nitrogens is 1. The Bertz CT molecular complexity index is 1600. The molecule has 2 aromatic carbocycles. The number of nitrogens with one attached hydrogen (secondary N) is 2. The number of aliphatic hydroxyl groups is 1. The van der Waals surface area contributed by atoms with Gasteiger partial charge in [0, 0.05) is 36.3 Å². The molecule has 0 saturated carbocycles. The highest BCUT2D eigenvalue weighted by atomic mass is 19.2. The molecule has 1 spiro atoms. The lowest BCUT2D eigenvalue weighted by molar-refractivity contribution is -0.135. The molecule has 3 aliphatic rings. The summed E-state index contributed by atoms with van der Waals surface area (Å²) >= 11 is 0. The first-order chi connectivity index (χ1) is 19.9. The van der Waals surface area contributed by atoms with E-state index in [1.165, 1.54) is 17.0 Å². The van der Waals surface area contributed by atoms with Gasteiger partial charge in [-0.15, -0.1) is 0 Å². The first-order valence-corrected chi connectivity index (χ1v) is 14.1. The molecule has 42 heavy (non-hydrogen) atoms. The number of carbonyl (C=O) groups excluding carboxylic acids is 3. The number of pyridine rings is 1. The van der Waals surface area contributed by atoms with E-state index in [0.29, 0.717) is 30.6 Å². The highest BCUT2D eigenvalue weighted by Crippen LogP contribution is 2.46. The van der Waals surface area contributed by atoms with Gasteiger partial charge < -0.3 is 20.6 Å². The topological polar surface area (TPSA) is 112 Å². The predicted molar refractivity (Wildman–Crippen MR) is 151 cm³/mol. The minimum atomic E-state index is -1.24. The molecule has 1 fully saturated rings. The smallest absolute Gasteiger partial charge is 0.251 e. The van der Waals surface area contributed by atoms with E-state index in [9.17, 15) is 28.3 Å². The van der Waals surface area contributed by atoms with Crippen molar-refractivity contribution in [2.75, 3.05) is 18.4 Å². The van der Waals surface area contributed by atoms with E-state index in [0.717, 1.165) is 22.8 Å². The fourth-order valence-electron chi connectivity index (χ4n) is 6.64. The van der Waals surface area contributed by atoms with Gasteiger partial charge in [0.25, 0.3) is 5.91 Å². The number of benzene rings is 2. The molecule has 2 aliphatic heterocycles. The van der Waals surface area contributed by atoms with Crippen LogP contribution < -0.4 is 10.6 Å². The number of anilines is 1. The number of halogens is 2. The third-order valence-corrected chi connectivity index (χ3v) is 8.60. The van der Waals surface area contributed by atoms with Crippen LogP contribution in [0.25, 0.3) is 0 Å². The summed E-state index contributed by atoms with van der Waals surface area (Å²) in [4.78, 5) is 45.8. The minimum absolute atomic E-state index is 0.0367. The van der Waals surface area contributed by atoms with Gasteiger partial charge in [-0.05, 0) is 80.5 Å². The van der Waals surface area contributed by atoms with E-state index < -0.39 is 46.4 Å². The van der Waals surface area contributed by atoms with Crippen molar-refractivity contribution in [1.29, 1.82) is 0 Å². The molecule has 3 amide bonds. The molecule has 3 atom stereocenters. The van der Waals surface area contributed by atoms with Gasteiger partial charge in [0.1, 0.15) is 11.9 Å². The van der Waals surface area contributed by atoms with Gasteiger partial charge in [-0.2, -0.15) is 0 Å². The SMILES string of the molecule is CC(C)(O)CN1C[C@H](c2cccc(F)c2F)CCC(NC(=O)c2ccc3c(c2)CC2(C3)C(=O)Nc3ncccc32)C1=O. The Morgan fingerprint density at radius 1 is 1.12 bits per heavy atom. The summed E-state index contributed by atoms with van der Waals surface area (Å²) in [6.45, 7) is 3.17. The molecule has 3 N–H and O–H groups in total. The van der Waals surface area contributed by atoms with E-state index in [-0.39, 0.29) is 31.0 Å². The van der Waals surface area contributed by atoms with Crippen LogP contribution in [-0.4, -0.2) is 57.4 Å². The van der Waals surface area contributed by atoms with Crippen molar-refractivity contribution < 1.29 is 28.3 Å². The standard InChI is InChI=1S/C32H32F2N4O4/c1-31(2,42)17-38-16-20(22-5-3-7-24(33)26(22)34)10-11-25(29(38)40)36-28(39)18-8-9-19-14-32(15-21(19)13-18)23-6-4-12-35-27(23)37-30(32)41/h3-9,12-13,20,25,42H,10-11,14-17H2,1-2H3,(H,36,39)(H,35,37,41)/t20-,25?,32?/m1/s1. The van der Waals surface area contributed by atoms with Gasteiger partial charge in [0.15, 0.2) is 11.6 Å². The van der Waals surface area contributed by atoms with Crippen LogP contribution in [0.4, 0.5) is 14.6 Å². The molecule has 3 aromatic rings. The molecular formula is C32H32F2N4O4. The summed E-state index contributed by atoms with van der Waals surface area (Å²) in [7, 11) is 0. The normalized spacial score (nSPS) is 23.4. The van der Waals surface area contributed by atoms with Crippen LogP contribution in [0.1, 0.15) is 65.2 Å². The lowest BCUT2D eigenvalue weighted by Gasteiger charge is -2.32. The Morgan fingerprint density at radius 3 is 2.69 bits per heavy atom. The number of likely N-dealkylation sites (tertiary alicyclic amines) is 1. The first kappa shape index (κ1) is 28.0. The van der Waals surface area contributed by atoms with Gasteiger partial charge in [-0.25, -0.2) is 13.8 Å². The molecule has 3 heterocycles. The maximum atomic E-state index is 14.7. The van der Waals surface area contributed by atoms with Gasteiger partial charge in [-0.1, -0.05) is 24.3 Å². The fourth-order valence-corrected chi connectivity index (χ4v) is 6.64. The minimum Gasteiger partial charge on any atom is -0.389 e. The predicted octanol–water partition coefficient (Wildman–Crippen LogP) is 3.62. The summed E-state index contributed by atoms with van der Waals surface area (Å²) < 4.78 is 28.7. The van der Waals surface area contributed by atoms with Crippen LogP contribution in [0.5, 0.6) is 0 Å². The van der Waals surface area contributed by atoms with Gasteiger partial charge >= 0.3 is 0 Å². The molecule has 0 bridgehead atoms. The van der Waals surface area contributed by atoms with Crippen molar-refractivity contribution in [1.82, 2.24) is 15.2 Å². The van der Waals surface area contributed by atoms with E-state index >= 15 is 0 Å². The third-order valence-electron chi connectivity index (χ3n) is 8.60. The van der Waals surface area contributed by atoms with Crippen LogP contribution in [0.15, 0.2) is 54.7 Å². The monoisotopic (exact) mass is 574 g/mol. The second kappa shape index (κ2) is 10.3. The number of carbonyl (C=O) groups is 3. The van der Waals surface area contributed by atoms with Crippen LogP contribution in [-0.2, 0) is 27.8 Å². The van der Waals surface area contributed by atoms with Gasteiger partial charge in [0.05, 0.1) is 11.0 Å². The fraction of sp³-hybridized carbons (Fsp3) is 0.375. The molecule has 0 radical (unpaired) electrons. The molecule has 1 saturated heterocycles. The number of β-amino-alcohol motifs (C(OH)–C–C–N with tert-alkyl or cyclic N) is 1. The summed E-state index contributed by atoms with van der Waals surface area (Å²) in [5.41, 5.74) is 1.21. The second-order valence-corrected chi connectivity index (χ2v) is 12.2. The van der Waals surface area contributed by atoms with Crippen molar-refractivity contribution >= 4 is 23.5 Å². The van der Waals surface area contributed by atoms with Gasteiger partial charge in [-0.3, -0.25) is 14.4 Å². The Morgan fingerprint density at radius 2 is 1.90 bits per heavy atom. The van der Waals surface area contributed by atoms with Crippen LogP contribution >= 0.6 is 0 Å². The number of hydrogen-bond acceptors (Lipinski definition) is 5. The number of hydrogen-bond donors (Lipinski definition) is 3. The van der Waals surface area contributed by atoms with E-state index in [2.05, 4.69) is 15.6 Å². The van der Waals surface area contributed by atoms with Crippen molar-refractivity contribution in [3.8, 4) is 0 Å². The lowest BCUT2D eigenvalue weighted by atomic mass is 9.79. The van der Waals surface area contributed by atoms with Crippen LogP contribution in [0.2, 0.25) is 0 Å². The zero-order valence-corrected chi connectivity index (χ0v) is 23.4. The Hall–Kier alpha value is -4.18. The van der Waals surface area contributed by atoms with Crippen molar-refractivity contribution in [2.24, 2.45) is 0 Å². The molecule has 6 rings (SSSR count). The quantitative estimate of drug-likeness (QED) is 0.431. The largest absolute Gasteiger partial charge is 0.389 e. The highest BCUT2D eigenvalue weighted by molar-refractivity contribution is 6.06. The van der Waals surface area contributed by atoms with E-state index in [1.54, 1.807) is 38.2 Å². The number of amides is 3. The number of rotatable bonds is 5. The van der Waals surface area contributed by atoms with Crippen LogP contribution in [0.3, 0.4) is 0 Å². The molecular weight excluding hydrogens is 542 g/mol. The summed E-state index contributed by atoms with van der Waals surface area (Å²) in [5.74, 6) is -2.82. The Kier molecular flexibility index (Phi) is 6.84. The Balaban J connectivity index is 1.23. The summed E-state index contributed by atoms with van der Waals surface area (Å²) in [5, 5.41) is 16.2. The zero-order valence-electron chi connectivity index (χ0n) is 23.4. The van der Waals surface area contributed by atoms with Crippen molar-refractivity contribution in [2.45, 2.75) is 62.5 Å². The van der Waals surface area contributed by atoms with Crippen LogP contribution in [0, 0.1) is 11.6 Å². The van der Waals surface area contributed by atoms with E-state index in [4.69, 9.17) is 0 Å². The average molecular weight is 575 g/mol. The molecule has 1 aliphatic carbocycles. The van der Waals surface area contributed by atoms with Crippen molar-refractivity contribution in [3.05, 3.63) is 94.2 Å². The Labute approximate surface area is 242 Å². The maximum absolute atomic E-state index is 14.7. The number of fused-ring (bicyclic) bond motifs is 3. The number of nitrogens with zero attached hydrogens (tertiary/aromatic N) is 2. The maximum Gasteiger partial charge on any atom is 0.251 e. The highest BCUT2D eigenvalue weighted by Gasteiger charge is 2.51. The van der Waals surface area contributed by atoms with Crippen molar-refractivity contribution in [3.63, 3.8) is 0 Å². The zero-order chi connectivity index (χ0) is 29.8. The second-order valence-electron chi connectivity index (χ2n) is 12.2. The molecule has 8 nitrogen and oxygen atoms in total.